The molecule has 1 atom stereocenters. The lowest BCUT2D eigenvalue weighted by Crippen LogP contribution is -2.34. The average Bonchev–Trinajstić information content (AvgIpc) is 3.27. The van der Waals surface area contributed by atoms with Crippen molar-refractivity contribution < 1.29 is 28.9 Å². The quantitative estimate of drug-likeness (QED) is 0.533. The van der Waals surface area contributed by atoms with Gasteiger partial charge in [0.1, 0.15) is 5.82 Å². The summed E-state index contributed by atoms with van der Waals surface area (Å²) in [6.07, 6.45) is 0. The number of carbonyl (C=O) groups excluding carboxylic acids is 2. The number of carbonyl (C=O) groups is 2. The number of thiophene rings is 1. The molecule has 1 amide bonds. The lowest BCUT2D eigenvalue weighted by molar-refractivity contribution is -0.130. The highest BCUT2D eigenvalue weighted by Gasteiger charge is 2.43. The molecule has 1 unspecified atom stereocenters. The van der Waals surface area contributed by atoms with Crippen LogP contribution >= 0.6 is 11.3 Å². The van der Waals surface area contributed by atoms with E-state index in [1.165, 1.54) is 34.4 Å². The first-order valence-corrected chi connectivity index (χ1v) is 9.19. The van der Waals surface area contributed by atoms with E-state index in [1.807, 2.05) is 0 Å². The summed E-state index contributed by atoms with van der Waals surface area (Å²) in [4.78, 5) is 27.2. The highest BCUT2D eigenvalue weighted by atomic mass is 32.1. The van der Waals surface area contributed by atoms with E-state index in [0.717, 1.165) is 0 Å². The highest BCUT2D eigenvalue weighted by Crippen LogP contribution is 2.39. The topological polar surface area (TPSA) is 87.1 Å². The van der Waals surface area contributed by atoms with Gasteiger partial charge in [-0.3, -0.25) is 9.59 Å². The Morgan fingerprint density at radius 1 is 1.26 bits per heavy atom. The number of benzene rings is 1. The number of hydrogen-bond donors (Lipinski definition) is 2. The third-order valence-electron chi connectivity index (χ3n) is 4.17. The van der Waals surface area contributed by atoms with E-state index in [2.05, 4.69) is 0 Å². The first-order chi connectivity index (χ1) is 13.0. The number of amides is 1. The first-order valence-electron chi connectivity index (χ1n) is 8.31. The molecule has 0 radical (unpaired) electrons. The molecule has 0 aliphatic carbocycles. The molecule has 1 aromatic carbocycles. The predicted molar refractivity (Wildman–Crippen MR) is 97.1 cm³/mol. The molecule has 0 saturated carbocycles. The number of rotatable bonds is 8. The van der Waals surface area contributed by atoms with Crippen LogP contribution in [0.15, 0.2) is 53.1 Å². The van der Waals surface area contributed by atoms with Gasteiger partial charge in [0.05, 0.1) is 36.3 Å². The van der Waals surface area contributed by atoms with Crippen LogP contribution in [0, 0.1) is 5.82 Å². The van der Waals surface area contributed by atoms with Crippen molar-refractivity contribution in [3.8, 4) is 0 Å². The number of aliphatic hydroxyl groups excluding tert-OH is 2. The molecule has 27 heavy (non-hydrogen) atoms. The third kappa shape index (κ3) is 3.92. The van der Waals surface area contributed by atoms with Gasteiger partial charge in [-0.05, 0) is 29.1 Å². The van der Waals surface area contributed by atoms with E-state index in [4.69, 9.17) is 9.84 Å². The van der Waals surface area contributed by atoms with Crippen LogP contribution in [-0.4, -0.2) is 53.2 Å². The van der Waals surface area contributed by atoms with E-state index in [0.29, 0.717) is 10.4 Å². The summed E-state index contributed by atoms with van der Waals surface area (Å²) in [5.74, 6) is -2.32. The summed E-state index contributed by atoms with van der Waals surface area (Å²) in [7, 11) is 0. The molecule has 3 rings (SSSR count). The van der Waals surface area contributed by atoms with Crippen molar-refractivity contribution in [2.24, 2.45) is 0 Å². The smallest absolute Gasteiger partial charge is 0.290 e. The zero-order valence-electron chi connectivity index (χ0n) is 14.3. The van der Waals surface area contributed by atoms with Gasteiger partial charge >= 0.3 is 0 Å². The van der Waals surface area contributed by atoms with Gasteiger partial charge in [0.15, 0.2) is 5.76 Å². The summed E-state index contributed by atoms with van der Waals surface area (Å²) in [6.45, 7) is 0.122. The minimum Gasteiger partial charge on any atom is -0.503 e. The molecule has 1 aromatic heterocycles. The van der Waals surface area contributed by atoms with Gasteiger partial charge < -0.3 is 19.8 Å². The van der Waals surface area contributed by atoms with Crippen molar-refractivity contribution >= 4 is 23.0 Å². The zero-order valence-corrected chi connectivity index (χ0v) is 15.1. The second kappa shape index (κ2) is 8.43. The number of aliphatic hydroxyl groups is 2. The molecule has 8 heteroatoms. The van der Waals surface area contributed by atoms with Crippen molar-refractivity contribution in [1.82, 2.24) is 4.90 Å². The molecule has 0 spiro atoms. The van der Waals surface area contributed by atoms with Crippen LogP contribution in [0.5, 0.6) is 0 Å². The van der Waals surface area contributed by atoms with Crippen molar-refractivity contribution in [1.29, 1.82) is 0 Å². The first kappa shape index (κ1) is 19.2. The standard InChI is InChI=1S/C19H18FNO5S/c20-13-4-1-3-12(11-13)16-15(17(23)14-5-2-10-27-14)18(24)19(25)21(16)6-8-26-9-7-22/h1-5,10-11,16,22,24H,6-9H2. The Balaban J connectivity index is 1.98. The Kier molecular flexibility index (Phi) is 6.00. The molecule has 0 bridgehead atoms. The lowest BCUT2D eigenvalue weighted by atomic mass is 9.95. The van der Waals surface area contributed by atoms with Crippen LogP contribution in [0.3, 0.4) is 0 Å². The van der Waals surface area contributed by atoms with Crippen molar-refractivity contribution in [2.45, 2.75) is 6.04 Å². The van der Waals surface area contributed by atoms with Crippen LogP contribution in [0.1, 0.15) is 21.3 Å². The van der Waals surface area contributed by atoms with Crippen LogP contribution in [0.4, 0.5) is 4.39 Å². The molecule has 2 heterocycles. The molecule has 2 aromatic rings. The summed E-state index contributed by atoms with van der Waals surface area (Å²) >= 11 is 1.20. The minimum absolute atomic E-state index is 0.0739. The average molecular weight is 391 g/mol. The van der Waals surface area contributed by atoms with Crippen molar-refractivity contribution in [2.75, 3.05) is 26.4 Å². The second-order valence-corrected chi connectivity index (χ2v) is 6.81. The van der Waals surface area contributed by atoms with E-state index >= 15 is 0 Å². The number of nitrogens with zero attached hydrogens (tertiary/aromatic N) is 1. The molecule has 6 nitrogen and oxygen atoms in total. The van der Waals surface area contributed by atoms with E-state index < -0.39 is 29.3 Å². The normalized spacial score (nSPS) is 17.0. The molecule has 0 fully saturated rings. The molecule has 1 aliphatic rings. The van der Waals surface area contributed by atoms with E-state index in [-0.39, 0.29) is 31.9 Å². The molecule has 0 saturated heterocycles. The SMILES string of the molecule is O=C(C1=C(O)C(=O)N(CCOCCO)C1c1cccc(F)c1)c1cccs1. The number of halogens is 1. The maximum Gasteiger partial charge on any atom is 0.290 e. The van der Waals surface area contributed by atoms with Gasteiger partial charge in [0.25, 0.3) is 5.91 Å². The maximum atomic E-state index is 13.8. The molecule has 1 aliphatic heterocycles. The minimum atomic E-state index is -0.916. The molecule has 2 N–H and O–H groups in total. The fourth-order valence-corrected chi connectivity index (χ4v) is 3.69. The Morgan fingerprint density at radius 2 is 2.07 bits per heavy atom. The number of hydrogen-bond acceptors (Lipinski definition) is 6. The van der Waals surface area contributed by atoms with Crippen LogP contribution in [0.2, 0.25) is 0 Å². The van der Waals surface area contributed by atoms with E-state index in [1.54, 1.807) is 23.6 Å². The Morgan fingerprint density at radius 3 is 2.74 bits per heavy atom. The summed E-state index contributed by atoms with van der Waals surface area (Å²) in [5, 5.41) is 20.9. The fourth-order valence-electron chi connectivity index (χ4n) is 3.01. The van der Waals surface area contributed by atoms with Gasteiger partial charge in [-0.1, -0.05) is 18.2 Å². The zero-order chi connectivity index (χ0) is 19.4. The van der Waals surface area contributed by atoms with Crippen molar-refractivity contribution in [3.63, 3.8) is 0 Å². The Bertz CT molecular complexity index is 865. The van der Waals surface area contributed by atoms with Crippen LogP contribution in [-0.2, 0) is 9.53 Å². The van der Waals surface area contributed by atoms with Crippen LogP contribution in [0.25, 0.3) is 0 Å². The molecular formula is C19H18FNO5S. The molecule has 142 valence electrons. The van der Waals surface area contributed by atoms with Gasteiger partial charge in [-0.15, -0.1) is 11.3 Å². The van der Waals surface area contributed by atoms with Crippen molar-refractivity contribution in [3.05, 3.63) is 69.4 Å². The largest absolute Gasteiger partial charge is 0.503 e. The summed E-state index contributed by atoms with van der Waals surface area (Å²) in [5.41, 5.74) is 0.310. The summed E-state index contributed by atoms with van der Waals surface area (Å²) < 4.78 is 19.0. The second-order valence-electron chi connectivity index (χ2n) is 5.86. The van der Waals surface area contributed by atoms with E-state index in [9.17, 15) is 19.1 Å². The van der Waals surface area contributed by atoms with Gasteiger partial charge in [-0.25, -0.2) is 4.39 Å². The highest BCUT2D eigenvalue weighted by molar-refractivity contribution is 7.12. The van der Waals surface area contributed by atoms with Gasteiger partial charge in [0, 0.05) is 6.54 Å². The number of Topliss-reactive ketones (excluding diaryl/α,β-unsaturated/α-hetero) is 1. The number of ether oxygens (including phenoxy) is 1. The van der Waals surface area contributed by atoms with Crippen LogP contribution < -0.4 is 0 Å². The predicted octanol–water partition coefficient (Wildman–Crippen LogP) is 2.47. The lowest BCUT2D eigenvalue weighted by Gasteiger charge is -2.26. The van der Waals surface area contributed by atoms with Gasteiger partial charge in [0.2, 0.25) is 5.78 Å². The fraction of sp³-hybridized carbons (Fsp3) is 0.263. The Hall–Kier alpha value is -2.55. The number of ketones is 1. The molecular weight excluding hydrogens is 373 g/mol. The third-order valence-corrected chi connectivity index (χ3v) is 5.04. The summed E-state index contributed by atoms with van der Waals surface area (Å²) in [6, 6.07) is 7.97. The maximum absolute atomic E-state index is 13.8. The monoisotopic (exact) mass is 391 g/mol. The Labute approximate surface area is 159 Å². The van der Waals surface area contributed by atoms with Gasteiger partial charge in [-0.2, -0.15) is 0 Å².